The highest BCUT2D eigenvalue weighted by atomic mass is 35.5. The first kappa shape index (κ1) is 18.1. The van der Waals surface area contributed by atoms with Crippen LogP contribution < -0.4 is 5.32 Å². The van der Waals surface area contributed by atoms with Gasteiger partial charge in [0.05, 0.1) is 12.2 Å². The number of aromatic nitrogens is 1. The van der Waals surface area contributed by atoms with Crippen molar-refractivity contribution in [3.63, 3.8) is 0 Å². The SMILES string of the molecule is C[C@H](NC(=O)CCc1ncc(-c2ccc(Cl)cc2)o1)c1ccc(F)cc1. The van der Waals surface area contributed by atoms with E-state index < -0.39 is 0 Å². The smallest absolute Gasteiger partial charge is 0.220 e. The lowest BCUT2D eigenvalue weighted by Gasteiger charge is -2.14. The molecule has 3 rings (SSSR count). The van der Waals surface area contributed by atoms with E-state index in [2.05, 4.69) is 10.3 Å². The minimum atomic E-state index is -0.298. The molecule has 1 atom stereocenters. The zero-order chi connectivity index (χ0) is 18.5. The van der Waals surface area contributed by atoms with Crippen molar-refractivity contribution in [2.45, 2.75) is 25.8 Å². The molecule has 1 N–H and O–H groups in total. The van der Waals surface area contributed by atoms with Crippen LogP contribution in [-0.4, -0.2) is 10.9 Å². The molecule has 1 heterocycles. The minimum Gasteiger partial charge on any atom is -0.441 e. The van der Waals surface area contributed by atoms with Crippen LogP contribution in [0.5, 0.6) is 0 Å². The van der Waals surface area contributed by atoms with Gasteiger partial charge in [0.2, 0.25) is 5.91 Å². The highest BCUT2D eigenvalue weighted by Crippen LogP contribution is 2.22. The monoisotopic (exact) mass is 372 g/mol. The Morgan fingerprint density at radius 3 is 2.58 bits per heavy atom. The first-order chi connectivity index (χ1) is 12.5. The fourth-order valence-corrected chi connectivity index (χ4v) is 2.67. The fraction of sp³-hybridized carbons (Fsp3) is 0.200. The molecule has 0 spiro atoms. The van der Waals surface area contributed by atoms with E-state index in [1.54, 1.807) is 30.5 Å². The van der Waals surface area contributed by atoms with E-state index in [1.807, 2.05) is 19.1 Å². The lowest BCUT2D eigenvalue weighted by molar-refractivity contribution is -0.121. The van der Waals surface area contributed by atoms with Crippen LogP contribution in [-0.2, 0) is 11.2 Å². The quantitative estimate of drug-likeness (QED) is 0.666. The van der Waals surface area contributed by atoms with Gasteiger partial charge in [0, 0.05) is 23.4 Å². The normalized spacial score (nSPS) is 12.0. The van der Waals surface area contributed by atoms with Gasteiger partial charge in [-0.15, -0.1) is 0 Å². The van der Waals surface area contributed by atoms with Crippen LogP contribution in [0.2, 0.25) is 5.02 Å². The van der Waals surface area contributed by atoms with Crippen LogP contribution in [0.25, 0.3) is 11.3 Å². The fourth-order valence-electron chi connectivity index (χ4n) is 2.54. The standard InChI is InChI=1S/C20H18ClFN2O2/c1-13(14-4-8-17(22)9-5-14)24-19(25)10-11-20-23-12-18(26-20)15-2-6-16(21)7-3-15/h2-9,12-13H,10-11H2,1H3,(H,24,25)/t13-/m0/s1. The first-order valence-corrected chi connectivity index (χ1v) is 8.64. The van der Waals surface area contributed by atoms with Crippen molar-refractivity contribution in [1.82, 2.24) is 10.3 Å². The van der Waals surface area contributed by atoms with E-state index in [1.165, 1.54) is 12.1 Å². The van der Waals surface area contributed by atoms with E-state index in [-0.39, 0.29) is 24.2 Å². The summed E-state index contributed by atoms with van der Waals surface area (Å²) < 4.78 is 18.6. The van der Waals surface area contributed by atoms with Crippen LogP contribution in [0.3, 0.4) is 0 Å². The van der Waals surface area contributed by atoms with E-state index in [0.717, 1.165) is 11.1 Å². The Kier molecular flexibility index (Phi) is 5.68. The number of carbonyl (C=O) groups is 1. The molecule has 0 unspecified atom stereocenters. The zero-order valence-corrected chi connectivity index (χ0v) is 15.0. The third-order valence-electron chi connectivity index (χ3n) is 4.00. The minimum absolute atomic E-state index is 0.118. The largest absolute Gasteiger partial charge is 0.441 e. The van der Waals surface area contributed by atoms with Crippen molar-refractivity contribution < 1.29 is 13.6 Å². The number of benzene rings is 2. The summed E-state index contributed by atoms with van der Waals surface area (Å²) in [6.07, 6.45) is 2.29. The second-order valence-electron chi connectivity index (χ2n) is 5.97. The van der Waals surface area contributed by atoms with Crippen molar-refractivity contribution in [2.75, 3.05) is 0 Å². The van der Waals surface area contributed by atoms with Gasteiger partial charge in [0.1, 0.15) is 5.82 Å². The van der Waals surface area contributed by atoms with E-state index >= 15 is 0 Å². The van der Waals surface area contributed by atoms with E-state index in [0.29, 0.717) is 23.1 Å². The number of amides is 1. The van der Waals surface area contributed by atoms with Gasteiger partial charge in [-0.2, -0.15) is 0 Å². The summed E-state index contributed by atoms with van der Waals surface area (Å²) in [7, 11) is 0. The average Bonchev–Trinajstić information content (AvgIpc) is 3.10. The van der Waals surface area contributed by atoms with Crippen LogP contribution in [0, 0.1) is 5.82 Å². The van der Waals surface area contributed by atoms with Crippen LogP contribution >= 0.6 is 11.6 Å². The van der Waals surface area contributed by atoms with Crippen LogP contribution in [0.1, 0.15) is 30.8 Å². The summed E-state index contributed by atoms with van der Waals surface area (Å²) in [5, 5.41) is 3.54. The Morgan fingerprint density at radius 2 is 1.88 bits per heavy atom. The van der Waals surface area contributed by atoms with Crippen molar-refractivity contribution >= 4 is 17.5 Å². The molecule has 0 radical (unpaired) electrons. The molecule has 0 aliphatic heterocycles. The van der Waals surface area contributed by atoms with Crippen molar-refractivity contribution in [3.8, 4) is 11.3 Å². The molecule has 0 aliphatic carbocycles. The number of carbonyl (C=O) groups excluding carboxylic acids is 1. The summed E-state index contributed by atoms with van der Waals surface area (Å²) in [4.78, 5) is 16.3. The Morgan fingerprint density at radius 1 is 1.19 bits per heavy atom. The maximum Gasteiger partial charge on any atom is 0.220 e. The predicted molar refractivity (Wildman–Crippen MR) is 98.2 cm³/mol. The van der Waals surface area contributed by atoms with Crippen molar-refractivity contribution in [2.24, 2.45) is 0 Å². The molecule has 0 saturated carbocycles. The van der Waals surface area contributed by atoms with Gasteiger partial charge in [-0.05, 0) is 48.9 Å². The Bertz CT molecular complexity index is 876. The first-order valence-electron chi connectivity index (χ1n) is 8.27. The second-order valence-corrected chi connectivity index (χ2v) is 6.40. The average molecular weight is 373 g/mol. The van der Waals surface area contributed by atoms with E-state index in [4.69, 9.17) is 16.0 Å². The molecule has 4 nitrogen and oxygen atoms in total. The van der Waals surface area contributed by atoms with E-state index in [9.17, 15) is 9.18 Å². The number of hydrogen-bond donors (Lipinski definition) is 1. The lowest BCUT2D eigenvalue weighted by Crippen LogP contribution is -2.26. The molecule has 2 aromatic carbocycles. The molecule has 0 fully saturated rings. The van der Waals surface area contributed by atoms with Crippen LogP contribution in [0.4, 0.5) is 4.39 Å². The second kappa shape index (κ2) is 8.15. The van der Waals surface area contributed by atoms with Gasteiger partial charge >= 0.3 is 0 Å². The zero-order valence-electron chi connectivity index (χ0n) is 14.2. The molecule has 6 heteroatoms. The number of nitrogens with zero attached hydrogens (tertiary/aromatic N) is 1. The van der Waals surface area contributed by atoms with Crippen LogP contribution in [0.15, 0.2) is 59.1 Å². The van der Waals surface area contributed by atoms with Gasteiger partial charge in [-0.1, -0.05) is 23.7 Å². The van der Waals surface area contributed by atoms with Gasteiger partial charge in [-0.3, -0.25) is 4.79 Å². The summed E-state index contributed by atoms with van der Waals surface area (Å²) in [5.41, 5.74) is 1.73. The topological polar surface area (TPSA) is 55.1 Å². The summed E-state index contributed by atoms with van der Waals surface area (Å²) in [5.74, 6) is 0.719. The number of hydrogen-bond acceptors (Lipinski definition) is 3. The molecule has 0 saturated heterocycles. The number of halogens is 2. The number of aryl methyl sites for hydroxylation is 1. The maximum absolute atomic E-state index is 13.0. The molecule has 1 amide bonds. The summed E-state index contributed by atoms with van der Waals surface area (Å²) >= 11 is 5.87. The van der Waals surface area contributed by atoms with Gasteiger partial charge in [-0.25, -0.2) is 9.37 Å². The van der Waals surface area contributed by atoms with Crippen molar-refractivity contribution in [3.05, 3.63) is 77.0 Å². The Balaban J connectivity index is 1.53. The highest BCUT2D eigenvalue weighted by molar-refractivity contribution is 6.30. The van der Waals surface area contributed by atoms with Crippen molar-refractivity contribution in [1.29, 1.82) is 0 Å². The predicted octanol–water partition coefficient (Wildman–Crippen LogP) is 4.94. The molecule has 3 aromatic rings. The lowest BCUT2D eigenvalue weighted by atomic mass is 10.1. The third-order valence-corrected chi connectivity index (χ3v) is 4.25. The number of nitrogens with one attached hydrogen (secondary N) is 1. The van der Waals surface area contributed by atoms with Gasteiger partial charge < -0.3 is 9.73 Å². The Labute approximate surface area is 156 Å². The molecular weight excluding hydrogens is 355 g/mol. The number of rotatable bonds is 6. The third kappa shape index (κ3) is 4.70. The maximum atomic E-state index is 13.0. The molecular formula is C20H18ClFN2O2. The molecule has 1 aromatic heterocycles. The molecule has 0 bridgehead atoms. The molecule has 134 valence electrons. The Hall–Kier alpha value is -2.66. The molecule has 0 aliphatic rings. The highest BCUT2D eigenvalue weighted by Gasteiger charge is 2.12. The van der Waals surface area contributed by atoms with Gasteiger partial charge in [0.25, 0.3) is 0 Å². The van der Waals surface area contributed by atoms with Gasteiger partial charge in [0.15, 0.2) is 11.7 Å². The number of oxazole rings is 1. The summed E-state index contributed by atoms with van der Waals surface area (Å²) in [6, 6.07) is 13.1. The molecule has 26 heavy (non-hydrogen) atoms. The summed E-state index contributed by atoms with van der Waals surface area (Å²) in [6.45, 7) is 1.86.